The van der Waals surface area contributed by atoms with Gasteiger partial charge in [-0.15, -0.1) is 0 Å². The highest BCUT2D eigenvalue weighted by atomic mass is 35.5. The summed E-state index contributed by atoms with van der Waals surface area (Å²) in [7, 11) is 0. The second kappa shape index (κ2) is 15.6. The lowest BCUT2D eigenvalue weighted by Gasteiger charge is -2.36. The van der Waals surface area contributed by atoms with Gasteiger partial charge in [-0.25, -0.2) is 4.98 Å². The van der Waals surface area contributed by atoms with Gasteiger partial charge >= 0.3 is 6.18 Å². The zero-order valence-corrected chi connectivity index (χ0v) is 29.8. The minimum atomic E-state index is -4.58. The molecule has 3 aromatic rings. The number of amides is 2. The fourth-order valence-electron chi connectivity index (χ4n) is 6.79. The van der Waals surface area contributed by atoms with E-state index >= 15 is 0 Å². The van der Waals surface area contributed by atoms with Crippen molar-refractivity contribution in [3.8, 4) is 5.75 Å². The third-order valence-electron chi connectivity index (χ3n) is 9.47. The monoisotopic (exact) mass is 751 g/mol. The third-order valence-corrected chi connectivity index (χ3v) is 10.4. The van der Waals surface area contributed by atoms with Crippen LogP contribution in [-0.4, -0.2) is 66.2 Å². The maximum atomic E-state index is 14.3. The number of hydrogen-bond donors (Lipinski definition) is 2. The predicted octanol–water partition coefficient (Wildman–Crippen LogP) is 7.46. The molecular formula is C36H39Cl3F3N5O3. The molecule has 8 nitrogen and oxygen atoms in total. The topological polar surface area (TPSA) is 86.8 Å². The number of alkyl halides is 3. The number of nitrogens with one attached hydrogen (secondary N) is 2. The molecule has 50 heavy (non-hydrogen) atoms. The van der Waals surface area contributed by atoms with Crippen molar-refractivity contribution in [2.45, 2.75) is 76.4 Å². The van der Waals surface area contributed by atoms with Crippen LogP contribution in [0, 0.1) is 12.8 Å². The molecule has 1 aromatic heterocycles. The van der Waals surface area contributed by atoms with E-state index in [-0.39, 0.29) is 43.0 Å². The summed E-state index contributed by atoms with van der Waals surface area (Å²) in [6, 6.07) is 12.9. The van der Waals surface area contributed by atoms with Crippen LogP contribution in [0.15, 0.2) is 48.7 Å². The van der Waals surface area contributed by atoms with Crippen molar-refractivity contribution in [1.29, 1.82) is 0 Å². The van der Waals surface area contributed by atoms with Crippen LogP contribution < -0.4 is 20.3 Å². The molecule has 0 radical (unpaired) electrons. The van der Waals surface area contributed by atoms with Crippen LogP contribution in [0.4, 0.5) is 19.0 Å². The molecule has 0 bridgehead atoms. The second-order valence-corrected chi connectivity index (χ2v) is 14.6. The first kappa shape index (κ1) is 36.5. The summed E-state index contributed by atoms with van der Waals surface area (Å²) < 4.78 is 44.0. The standard InChI is InChI=1S/C36H39Cl3F3N5O3/c1-21-12-30(38)34(31(39)13-21)50-26-9-11-46(20-26)32-7-3-23(17-44-32)27-8-10-43-18-28(27)35(49)47(25-4-5-25)19-24-14-22(2-6-29(24)37)16-45-33(48)15-36(40,41)42/h2-3,6-7,12-14,17,25-28,43H,4-5,8-11,15-16,18-20H2,1H3,(H,45,48)/t26-,27-,28+/m1/s1. The molecule has 3 heterocycles. The van der Waals surface area contributed by atoms with Crippen LogP contribution in [0.1, 0.15) is 60.3 Å². The summed E-state index contributed by atoms with van der Waals surface area (Å²) >= 11 is 19.4. The van der Waals surface area contributed by atoms with Gasteiger partial charge in [0.15, 0.2) is 5.75 Å². The number of pyridine rings is 1. The molecule has 2 aliphatic heterocycles. The van der Waals surface area contributed by atoms with E-state index in [2.05, 4.69) is 21.6 Å². The van der Waals surface area contributed by atoms with Crippen LogP contribution in [-0.2, 0) is 22.7 Å². The summed E-state index contributed by atoms with van der Waals surface area (Å²) in [6.45, 7) is 4.84. The van der Waals surface area contributed by atoms with Crippen molar-refractivity contribution in [3.05, 3.63) is 86.0 Å². The number of aromatic nitrogens is 1. The highest BCUT2D eigenvalue weighted by molar-refractivity contribution is 6.37. The average Bonchev–Trinajstić information content (AvgIpc) is 3.81. The fourth-order valence-corrected chi connectivity index (χ4v) is 7.66. The Morgan fingerprint density at radius 2 is 1.80 bits per heavy atom. The number of anilines is 1. The normalized spacial score (nSPS) is 20.9. The van der Waals surface area contributed by atoms with Gasteiger partial charge in [0.05, 0.1) is 22.5 Å². The molecule has 2 saturated heterocycles. The Balaban J connectivity index is 1.11. The average molecular weight is 753 g/mol. The van der Waals surface area contributed by atoms with Crippen LogP contribution in [0.5, 0.6) is 5.75 Å². The SMILES string of the molecule is Cc1cc(Cl)c(O[C@@H]2CCN(c3ccc([C@H]4CCNC[C@@H]4C(=O)N(Cc4cc(CNC(=O)CC(F)(F)F)ccc4Cl)C4CC4)cn3)C2)c(Cl)c1. The summed E-state index contributed by atoms with van der Waals surface area (Å²) in [6.07, 6.45) is -0.975. The van der Waals surface area contributed by atoms with E-state index in [1.165, 1.54) is 0 Å². The highest BCUT2D eigenvalue weighted by Crippen LogP contribution is 2.38. The van der Waals surface area contributed by atoms with Gasteiger partial charge in [0.1, 0.15) is 18.3 Å². The molecule has 3 atom stereocenters. The van der Waals surface area contributed by atoms with E-state index in [0.29, 0.717) is 45.0 Å². The van der Waals surface area contributed by atoms with Gasteiger partial charge in [0.2, 0.25) is 11.8 Å². The van der Waals surface area contributed by atoms with Crippen molar-refractivity contribution in [1.82, 2.24) is 20.5 Å². The van der Waals surface area contributed by atoms with E-state index < -0.39 is 18.5 Å². The number of hydrogen-bond acceptors (Lipinski definition) is 6. The number of carbonyl (C=O) groups is 2. The number of rotatable bonds is 11. The largest absolute Gasteiger partial charge is 0.485 e. The van der Waals surface area contributed by atoms with E-state index in [0.717, 1.165) is 55.7 Å². The molecule has 1 aliphatic carbocycles. The lowest BCUT2D eigenvalue weighted by Crippen LogP contribution is -2.47. The van der Waals surface area contributed by atoms with Gasteiger partial charge in [-0.2, -0.15) is 13.2 Å². The molecule has 0 unspecified atom stereocenters. The number of piperidine rings is 1. The van der Waals surface area contributed by atoms with Crippen molar-refractivity contribution in [2.75, 3.05) is 31.1 Å². The number of carbonyl (C=O) groups excluding carboxylic acids is 2. The molecule has 0 spiro atoms. The quantitative estimate of drug-likeness (QED) is 0.212. The van der Waals surface area contributed by atoms with Crippen LogP contribution in [0.25, 0.3) is 0 Å². The molecule has 3 fully saturated rings. The number of ether oxygens (including phenoxy) is 1. The maximum absolute atomic E-state index is 14.3. The minimum Gasteiger partial charge on any atom is -0.485 e. The Labute approximate surface area is 304 Å². The predicted molar refractivity (Wildman–Crippen MR) is 188 cm³/mol. The molecule has 2 N–H and O–H groups in total. The Morgan fingerprint density at radius 1 is 1.04 bits per heavy atom. The second-order valence-electron chi connectivity index (χ2n) is 13.4. The summed E-state index contributed by atoms with van der Waals surface area (Å²) in [4.78, 5) is 34.9. The smallest absolute Gasteiger partial charge is 0.397 e. The highest BCUT2D eigenvalue weighted by Gasteiger charge is 2.40. The van der Waals surface area contributed by atoms with E-state index in [4.69, 9.17) is 44.5 Å². The first-order valence-corrected chi connectivity index (χ1v) is 17.9. The molecular weight excluding hydrogens is 714 g/mol. The maximum Gasteiger partial charge on any atom is 0.397 e. The molecule has 14 heteroatoms. The Kier molecular flexibility index (Phi) is 11.4. The van der Waals surface area contributed by atoms with Gasteiger partial charge in [-0.3, -0.25) is 9.59 Å². The number of nitrogens with zero attached hydrogens (tertiary/aromatic N) is 3. The van der Waals surface area contributed by atoms with Gasteiger partial charge in [0, 0.05) is 49.9 Å². The van der Waals surface area contributed by atoms with Crippen molar-refractivity contribution >= 4 is 52.4 Å². The van der Waals surface area contributed by atoms with Crippen molar-refractivity contribution in [3.63, 3.8) is 0 Å². The lowest BCUT2D eigenvalue weighted by atomic mass is 9.80. The van der Waals surface area contributed by atoms with Crippen LogP contribution in [0.3, 0.4) is 0 Å². The zero-order valence-electron chi connectivity index (χ0n) is 27.5. The van der Waals surface area contributed by atoms with E-state index in [9.17, 15) is 22.8 Å². The fraction of sp³-hybridized carbons (Fsp3) is 0.472. The van der Waals surface area contributed by atoms with Crippen molar-refractivity contribution in [2.24, 2.45) is 5.92 Å². The summed E-state index contributed by atoms with van der Waals surface area (Å²) in [5, 5.41) is 7.14. The Morgan fingerprint density at radius 3 is 2.48 bits per heavy atom. The molecule has 2 aromatic carbocycles. The summed E-state index contributed by atoms with van der Waals surface area (Å²) in [5.74, 6) is -0.0797. The first-order valence-electron chi connectivity index (χ1n) is 16.8. The molecule has 1 saturated carbocycles. The van der Waals surface area contributed by atoms with Gasteiger partial charge in [0.25, 0.3) is 0 Å². The van der Waals surface area contributed by atoms with Crippen LogP contribution >= 0.6 is 34.8 Å². The van der Waals surface area contributed by atoms with E-state index in [1.807, 2.05) is 36.2 Å². The zero-order chi connectivity index (χ0) is 35.6. The van der Waals surface area contributed by atoms with Gasteiger partial charge < -0.3 is 25.2 Å². The lowest BCUT2D eigenvalue weighted by molar-refractivity contribution is -0.153. The molecule has 268 valence electrons. The number of aryl methyl sites for hydroxylation is 1. The molecule has 3 aliphatic rings. The number of halogens is 6. The van der Waals surface area contributed by atoms with Gasteiger partial charge in [-0.05, 0) is 85.2 Å². The molecule has 6 rings (SSSR count). The van der Waals surface area contributed by atoms with E-state index in [1.54, 1.807) is 18.2 Å². The van der Waals surface area contributed by atoms with Crippen LogP contribution in [0.2, 0.25) is 15.1 Å². The third kappa shape index (κ3) is 9.15. The Hall–Kier alpha value is -3.25. The Bertz CT molecular complexity index is 1680. The van der Waals surface area contributed by atoms with Gasteiger partial charge in [-0.1, -0.05) is 53.0 Å². The summed E-state index contributed by atoms with van der Waals surface area (Å²) in [5.41, 5.74) is 3.25. The van der Waals surface area contributed by atoms with Crippen molar-refractivity contribution < 1.29 is 27.5 Å². The number of benzene rings is 2. The first-order chi connectivity index (χ1) is 23.8. The molecule has 2 amide bonds. The minimum absolute atomic E-state index is 0.0293.